The van der Waals surface area contributed by atoms with E-state index in [-0.39, 0.29) is 18.6 Å². The molecular formula is C17H25IN2O3. The molecular weight excluding hydrogens is 407 g/mol. The van der Waals surface area contributed by atoms with Crippen molar-refractivity contribution in [1.82, 2.24) is 10.2 Å². The van der Waals surface area contributed by atoms with Crippen LogP contribution >= 0.6 is 22.6 Å². The summed E-state index contributed by atoms with van der Waals surface area (Å²) < 4.78 is 12.3. The highest BCUT2D eigenvalue weighted by atomic mass is 127. The van der Waals surface area contributed by atoms with Gasteiger partial charge in [-0.3, -0.25) is 9.69 Å². The summed E-state index contributed by atoms with van der Waals surface area (Å²) in [7, 11) is 0. The normalized spacial score (nSPS) is 18.9. The standard InChI is InChI=1S/C17H25IN2O3/c1-13(2)10-20-7-8-22-16(11-20)9-19-17(21)12-23-15-5-3-14(18)4-6-15/h3-6,13,16H,7-12H2,1-2H3,(H,19,21). The zero-order valence-electron chi connectivity index (χ0n) is 13.8. The quantitative estimate of drug-likeness (QED) is 0.672. The predicted molar refractivity (Wildman–Crippen MR) is 98.7 cm³/mol. The summed E-state index contributed by atoms with van der Waals surface area (Å²) in [6.07, 6.45) is 0.0600. The molecule has 0 saturated carbocycles. The molecule has 0 aliphatic carbocycles. The van der Waals surface area contributed by atoms with Crippen LogP contribution in [0, 0.1) is 9.49 Å². The first kappa shape index (κ1) is 18.5. The molecule has 0 radical (unpaired) electrons. The molecule has 1 heterocycles. The van der Waals surface area contributed by atoms with Gasteiger partial charge in [-0.15, -0.1) is 0 Å². The number of nitrogens with one attached hydrogen (secondary N) is 1. The summed E-state index contributed by atoms with van der Waals surface area (Å²) in [5, 5.41) is 2.89. The van der Waals surface area contributed by atoms with Crippen molar-refractivity contribution >= 4 is 28.5 Å². The maximum atomic E-state index is 11.9. The average Bonchev–Trinajstić information content (AvgIpc) is 2.52. The number of morpholine rings is 1. The number of carbonyl (C=O) groups excluding carboxylic acids is 1. The first-order valence-electron chi connectivity index (χ1n) is 8.02. The smallest absolute Gasteiger partial charge is 0.258 e. The second-order valence-corrected chi connectivity index (χ2v) is 7.44. The first-order valence-corrected chi connectivity index (χ1v) is 9.10. The number of benzene rings is 1. The molecule has 1 aromatic rings. The van der Waals surface area contributed by atoms with E-state index in [9.17, 15) is 4.79 Å². The molecule has 1 fully saturated rings. The van der Waals surface area contributed by atoms with Gasteiger partial charge in [0.15, 0.2) is 6.61 Å². The molecule has 1 aliphatic rings. The minimum absolute atomic E-state index is 0.0308. The first-order chi connectivity index (χ1) is 11.0. The lowest BCUT2D eigenvalue weighted by atomic mass is 10.2. The van der Waals surface area contributed by atoms with E-state index in [1.165, 1.54) is 0 Å². The summed E-state index contributed by atoms with van der Waals surface area (Å²) >= 11 is 2.23. The van der Waals surface area contributed by atoms with E-state index in [2.05, 4.69) is 46.7 Å². The highest BCUT2D eigenvalue weighted by molar-refractivity contribution is 14.1. The number of carbonyl (C=O) groups is 1. The van der Waals surface area contributed by atoms with E-state index in [1.54, 1.807) is 0 Å². The molecule has 1 aliphatic heterocycles. The van der Waals surface area contributed by atoms with Gasteiger partial charge < -0.3 is 14.8 Å². The van der Waals surface area contributed by atoms with E-state index < -0.39 is 0 Å². The van der Waals surface area contributed by atoms with Gasteiger partial charge in [0.2, 0.25) is 0 Å². The Morgan fingerprint density at radius 2 is 2.17 bits per heavy atom. The fourth-order valence-corrected chi connectivity index (χ4v) is 2.90. The SMILES string of the molecule is CC(C)CN1CCOC(CNC(=O)COc2ccc(I)cc2)C1. The van der Waals surface area contributed by atoms with Gasteiger partial charge in [0, 0.05) is 29.7 Å². The van der Waals surface area contributed by atoms with Gasteiger partial charge in [-0.1, -0.05) is 13.8 Å². The minimum Gasteiger partial charge on any atom is -0.484 e. The van der Waals surface area contributed by atoms with E-state index >= 15 is 0 Å². The molecule has 0 aromatic heterocycles. The van der Waals surface area contributed by atoms with Gasteiger partial charge in [0.25, 0.3) is 5.91 Å². The third kappa shape index (κ3) is 7.05. The van der Waals surface area contributed by atoms with Crippen LogP contribution in [0.15, 0.2) is 24.3 Å². The van der Waals surface area contributed by atoms with Crippen LogP contribution in [0.25, 0.3) is 0 Å². The largest absolute Gasteiger partial charge is 0.484 e. The van der Waals surface area contributed by atoms with Crippen molar-refractivity contribution in [3.05, 3.63) is 27.8 Å². The molecule has 1 saturated heterocycles. The van der Waals surface area contributed by atoms with E-state index in [0.717, 1.165) is 29.8 Å². The van der Waals surface area contributed by atoms with Crippen molar-refractivity contribution in [2.45, 2.75) is 20.0 Å². The molecule has 128 valence electrons. The average molecular weight is 432 g/mol. The predicted octanol–water partition coefficient (Wildman–Crippen LogP) is 2.14. The lowest BCUT2D eigenvalue weighted by molar-refractivity contribution is -0.124. The Bertz CT molecular complexity index is 493. The van der Waals surface area contributed by atoms with Gasteiger partial charge >= 0.3 is 0 Å². The van der Waals surface area contributed by atoms with Crippen LogP contribution in [0.3, 0.4) is 0 Å². The Morgan fingerprint density at radius 1 is 1.43 bits per heavy atom. The molecule has 1 N–H and O–H groups in total. The summed E-state index contributed by atoms with van der Waals surface area (Å²) in [5.74, 6) is 1.23. The zero-order valence-corrected chi connectivity index (χ0v) is 15.9. The van der Waals surface area contributed by atoms with Crippen molar-refractivity contribution in [3.8, 4) is 5.75 Å². The Balaban J connectivity index is 1.66. The highest BCUT2D eigenvalue weighted by Gasteiger charge is 2.21. The Hall–Kier alpha value is -0.860. The fraction of sp³-hybridized carbons (Fsp3) is 0.588. The summed E-state index contributed by atoms with van der Waals surface area (Å²) in [6.45, 7) is 8.64. The minimum atomic E-state index is -0.117. The van der Waals surface area contributed by atoms with Crippen LogP contribution in [-0.2, 0) is 9.53 Å². The molecule has 2 rings (SSSR count). The third-order valence-corrected chi connectivity index (χ3v) is 4.28. The molecule has 1 amide bonds. The topological polar surface area (TPSA) is 50.8 Å². The second-order valence-electron chi connectivity index (χ2n) is 6.19. The van der Waals surface area contributed by atoms with Crippen molar-refractivity contribution in [3.63, 3.8) is 0 Å². The number of halogens is 1. The second kappa shape index (κ2) is 9.44. The maximum absolute atomic E-state index is 11.9. The van der Waals surface area contributed by atoms with E-state index in [4.69, 9.17) is 9.47 Å². The number of hydrogen-bond acceptors (Lipinski definition) is 4. The van der Waals surface area contributed by atoms with Crippen LogP contribution in [-0.4, -0.2) is 56.3 Å². The van der Waals surface area contributed by atoms with Crippen LogP contribution in [0.2, 0.25) is 0 Å². The molecule has 0 spiro atoms. The zero-order chi connectivity index (χ0) is 16.7. The van der Waals surface area contributed by atoms with Crippen molar-refractivity contribution in [2.75, 3.05) is 39.4 Å². The monoisotopic (exact) mass is 432 g/mol. The number of nitrogens with zero attached hydrogens (tertiary/aromatic N) is 1. The molecule has 0 bridgehead atoms. The molecule has 6 heteroatoms. The Labute approximate surface area is 151 Å². The van der Waals surface area contributed by atoms with Crippen LogP contribution in [0.4, 0.5) is 0 Å². The van der Waals surface area contributed by atoms with E-state index in [1.807, 2.05) is 24.3 Å². The molecule has 5 nitrogen and oxygen atoms in total. The molecule has 1 unspecified atom stereocenters. The number of amides is 1. The maximum Gasteiger partial charge on any atom is 0.258 e. The van der Waals surface area contributed by atoms with Crippen LogP contribution < -0.4 is 10.1 Å². The van der Waals surface area contributed by atoms with Crippen LogP contribution in [0.5, 0.6) is 5.75 Å². The van der Waals surface area contributed by atoms with Gasteiger partial charge in [-0.25, -0.2) is 0 Å². The summed E-state index contributed by atoms with van der Waals surface area (Å²) in [4.78, 5) is 14.3. The Kier molecular flexibility index (Phi) is 7.58. The number of rotatable bonds is 7. The lowest BCUT2D eigenvalue weighted by Crippen LogP contribution is -2.48. The van der Waals surface area contributed by atoms with E-state index in [0.29, 0.717) is 18.2 Å². The molecule has 1 atom stereocenters. The Morgan fingerprint density at radius 3 is 2.87 bits per heavy atom. The van der Waals surface area contributed by atoms with Crippen LogP contribution in [0.1, 0.15) is 13.8 Å². The van der Waals surface area contributed by atoms with Gasteiger partial charge in [-0.2, -0.15) is 0 Å². The summed E-state index contributed by atoms with van der Waals surface area (Å²) in [5.41, 5.74) is 0. The van der Waals surface area contributed by atoms with Crippen molar-refractivity contribution < 1.29 is 14.3 Å². The van der Waals surface area contributed by atoms with Crippen molar-refractivity contribution in [1.29, 1.82) is 0 Å². The van der Waals surface area contributed by atoms with Gasteiger partial charge in [0.1, 0.15) is 5.75 Å². The lowest BCUT2D eigenvalue weighted by Gasteiger charge is -2.33. The molecule has 23 heavy (non-hydrogen) atoms. The van der Waals surface area contributed by atoms with Crippen molar-refractivity contribution in [2.24, 2.45) is 5.92 Å². The van der Waals surface area contributed by atoms with Gasteiger partial charge in [-0.05, 0) is 52.8 Å². The highest BCUT2D eigenvalue weighted by Crippen LogP contribution is 2.13. The number of hydrogen-bond donors (Lipinski definition) is 1. The number of ether oxygens (including phenoxy) is 2. The molecule has 1 aromatic carbocycles. The fourth-order valence-electron chi connectivity index (χ4n) is 2.54. The van der Waals surface area contributed by atoms with Gasteiger partial charge in [0.05, 0.1) is 12.7 Å². The summed E-state index contributed by atoms with van der Waals surface area (Å²) in [6, 6.07) is 7.63. The third-order valence-electron chi connectivity index (χ3n) is 3.56.